The predicted molar refractivity (Wildman–Crippen MR) is 106 cm³/mol. The van der Waals surface area contributed by atoms with Crippen molar-refractivity contribution in [3.8, 4) is 0 Å². The number of anilines is 2. The minimum Gasteiger partial charge on any atom is -0.378 e. The molecule has 28 heavy (non-hydrogen) atoms. The molecule has 6 nitrogen and oxygen atoms in total. The first-order valence-electron chi connectivity index (χ1n) is 9.07. The van der Waals surface area contributed by atoms with Crippen molar-refractivity contribution < 1.29 is 22.3 Å². The summed E-state index contributed by atoms with van der Waals surface area (Å²) < 4.78 is 44.3. The van der Waals surface area contributed by atoms with Crippen LogP contribution in [0.1, 0.15) is 12.0 Å². The minimum atomic E-state index is -3.55. The van der Waals surface area contributed by atoms with Gasteiger partial charge < -0.3 is 15.0 Å². The SMILES string of the molecule is Cc1ccc(S(=O)(=O)CCC(=O)Nc2ccc(N3CCOCC3)c(F)c2)cc1. The van der Waals surface area contributed by atoms with E-state index in [1.165, 1.54) is 18.2 Å². The third-order valence-electron chi connectivity index (χ3n) is 4.56. The number of aryl methyl sites for hydroxylation is 1. The smallest absolute Gasteiger partial charge is 0.225 e. The van der Waals surface area contributed by atoms with Crippen LogP contribution >= 0.6 is 0 Å². The molecule has 1 amide bonds. The van der Waals surface area contributed by atoms with Gasteiger partial charge in [-0.05, 0) is 37.3 Å². The van der Waals surface area contributed by atoms with Gasteiger partial charge in [0.25, 0.3) is 0 Å². The lowest BCUT2D eigenvalue weighted by atomic mass is 10.2. The second-order valence-electron chi connectivity index (χ2n) is 6.70. The molecular weight excluding hydrogens is 383 g/mol. The molecule has 1 aliphatic rings. The number of benzene rings is 2. The van der Waals surface area contributed by atoms with Crippen molar-refractivity contribution in [3.63, 3.8) is 0 Å². The third kappa shape index (κ3) is 5.08. The summed E-state index contributed by atoms with van der Waals surface area (Å²) in [5.74, 6) is -1.22. The second-order valence-corrected chi connectivity index (χ2v) is 8.80. The largest absolute Gasteiger partial charge is 0.378 e. The fourth-order valence-electron chi connectivity index (χ4n) is 2.96. The molecule has 2 aromatic rings. The van der Waals surface area contributed by atoms with Crippen LogP contribution in [0.4, 0.5) is 15.8 Å². The summed E-state index contributed by atoms with van der Waals surface area (Å²) in [7, 11) is -3.55. The Kier molecular flexibility index (Phi) is 6.31. The maximum Gasteiger partial charge on any atom is 0.225 e. The van der Waals surface area contributed by atoms with E-state index in [1.54, 1.807) is 24.3 Å². The second kappa shape index (κ2) is 8.70. The zero-order valence-corrected chi connectivity index (χ0v) is 16.5. The molecular formula is C20H23FN2O4S. The number of hydrogen-bond donors (Lipinski definition) is 1. The van der Waals surface area contributed by atoms with Crippen LogP contribution in [0.25, 0.3) is 0 Å². The Balaban J connectivity index is 1.58. The van der Waals surface area contributed by atoms with Crippen LogP contribution in [0.5, 0.6) is 0 Å². The molecule has 8 heteroatoms. The number of rotatable bonds is 6. The van der Waals surface area contributed by atoms with Gasteiger partial charge in [0, 0.05) is 25.2 Å². The number of nitrogens with zero attached hydrogens (tertiary/aromatic N) is 1. The highest BCUT2D eigenvalue weighted by molar-refractivity contribution is 7.91. The number of hydrogen-bond acceptors (Lipinski definition) is 5. The van der Waals surface area contributed by atoms with Crippen LogP contribution in [0, 0.1) is 12.7 Å². The van der Waals surface area contributed by atoms with Gasteiger partial charge in [0.1, 0.15) is 5.82 Å². The lowest BCUT2D eigenvalue weighted by Crippen LogP contribution is -2.36. The Hall–Kier alpha value is -2.45. The number of amides is 1. The molecule has 0 atom stereocenters. The molecule has 3 rings (SSSR count). The van der Waals surface area contributed by atoms with Crippen molar-refractivity contribution in [2.75, 3.05) is 42.3 Å². The summed E-state index contributed by atoms with van der Waals surface area (Å²) in [6.07, 6.45) is -0.205. The average molecular weight is 406 g/mol. The molecule has 0 aliphatic carbocycles. The molecule has 0 saturated carbocycles. The number of nitrogens with one attached hydrogen (secondary N) is 1. The van der Waals surface area contributed by atoms with Gasteiger partial charge in [-0.25, -0.2) is 12.8 Å². The van der Waals surface area contributed by atoms with Crippen LogP contribution in [-0.2, 0) is 19.4 Å². The van der Waals surface area contributed by atoms with Crippen molar-refractivity contribution in [1.82, 2.24) is 0 Å². The molecule has 1 N–H and O–H groups in total. The normalized spacial score (nSPS) is 14.7. The summed E-state index contributed by atoms with van der Waals surface area (Å²) >= 11 is 0. The van der Waals surface area contributed by atoms with Gasteiger partial charge in [-0.3, -0.25) is 4.79 Å². The average Bonchev–Trinajstić information content (AvgIpc) is 2.68. The van der Waals surface area contributed by atoms with Gasteiger partial charge in [0.05, 0.1) is 29.5 Å². The maximum absolute atomic E-state index is 14.4. The molecule has 2 aromatic carbocycles. The first kappa shape index (κ1) is 20.3. The quantitative estimate of drug-likeness (QED) is 0.798. The predicted octanol–water partition coefficient (Wildman–Crippen LogP) is 2.77. The number of ether oxygens (including phenoxy) is 1. The lowest BCUT2D eigenvalue weighted by molar-refractivity contribution is -0.115. The number of halogens is 1. The van der Waals surface area contributed by atoms with E-state index >= 15 is 0 Å². The first-order chi connectivity index (χ1) is 13.3. The molecule has 0 aromatic heterocycles. The summed E-state index contributed by atoms with van der Waals surface area (Å²) in [5.41, 5.74) is 1.72. The number of sulfone groups is 1. The van der Waals surface area contributed by atoms with E-state index in [0.29, 0.717) is 37.7 Å². The van der Waals surface area contributed by atoms with E-state index in [9.17, 15) is 17.6 Å². The molecule has 1 saturated heterocycles. The highest BCUT2D eigenvalue weighted by Crippen LogP contribution is 2.24. The van der Waals surface area contributed by atoms with Crippen LogP contribution in [-0.4, -0.2) is 46.4 Å². The summed E-state index contributed by atoms with van der Waals surface area (Å²) in [4.78, 5) is 14.2. The van der Waals surface area contributed by atoms with Gasteiger partial charge >= 0.3 is 0 Å². The molecule has 0 bridgehead atoms. The number of morpholine rings is 1. The highest BCUT2D eigenvalue weighted by atomic mass is 32.2. The fourth-order valence-corrected chi connectivity index (χ4v) is 4.20. The summed E-state index contributed by atoms with van der Waals surface area (Å²) in [6.45, 7) is 4.19. The van der Waals surface area contributed by atoms with Crippen molar-refractivity contribution in [2.45, 2.75) is 18.2 Å². The molecule has 1 fully saturated rings. The molecule has 150 valence electrons. The molecule has 0 unspecified atom stereocenters. The van der Waals surface area contributed by atoms with E-state index in [1.807, 2.05) is 11.8 Å². The highest BCUT2D eigenvalue weighted by Gasteiger charge is 2.18. The Labute approximate surface area is 164 Å². The van der Waals surface area contributed by atoms with E-state index in [4.69, 9.17) is 4.74 Å². The minimum absolute atomic E-state index is 0.187. The Morgan fingerprint density at radius 3 is 2.46 bits per heavy atom. The topological polar surface area (TPSA) is 75.7 Å². The Morgan fingerprint density at radius 2 is 1.82 bits per heavy atom. The zero-order valence-electron chi connectivity index (χ0n) is 15.7. The van der Waals surface area contributed by atoms with Gasteiger partial charge in [-0.1, -0.05) is 17.7 Å². The summed E-state index contributed by atoms with van der Waals surface area (Å²) in [6, 6.07) is 11.0. The summed E-state index contributed by atoms with van der Waals surface area (Å²) in [5, 5.41) is 2.56. The maximum atomic E-state index is 14.4. The molecule has 0 spiro atoms. The lowest BCUT2D eigenvalue weighted by Gasteiger charge is -2.29. The monoisotopic (exact) mass is 406 g/mol. The van der Waals surface area contributed by atoms with E-state index < -0.39 is 21.6 Å². The van der Waals surface area contributed by atoms with Crippen LogP contribution in [0.15, 0.2) is 47.4 Å². The fraction of sp³-hybridized carbons (Fsp3) is 0.350. The van der Waals surface area contributed by atoms with Crippen LogP contribution < -0.4 is 10.2 Å². The van der Waals surface area contributed by atoms with Crippen molar-refractivity contribution in [1.29, 1.82) is 0 Å². The molecule has 1 aliphatic heterocycles. The van der Waals surface area contributed by atoms with E-state index in [0.717, 1.165) is 5.56 Å². The molecule has 0 radical (unpaired) electrons. The molecule has 1 heterocycles. The van der Waals surface area contributed by atoms with Gasteiger partial charge in [0.2, 0.25) is 5.91 Å². The Bertz CT molecular complexity index is 939. The van der Waals surface area contributed by atoms with E-state index in [-0.39, 0.29) is 17.1 Å². The Morgan fingerprint density at radius 1 is 1.14 bits per heavy atom. The van der Waals surface area contributed by atoms with Crippen molar-refractivity contribution in [3.05, 3.63) is 53.8 Å². The number of carbonyl (C=O) groups excluding carboxylic acids is 1. The van der Waals surface area contributed by atoms with Crippen molar-refractivity contribution >= 4 is 27.1 Å². The van der Waals surface area contributed by atoms with E-state index in [2.05, 4.69) is 5.32 Å². The zero-order chi connectivity index (χ0) is 20.1. The third-order valence-corrected chi connectivity index (χ3v) is 6.29. The van der Waals surface area contributed by atoms with Gasteiger partial charge in [0.15, 0.2) is 9.84 Å². The first-order valence-corrected chi connectivity index (χ1v) is 10.7. The van der Waals surface area contributed by atoms with Gasteiger partial charge in [-0.15, -0.1) is 0 Å². The number of carbonyl (C=O) groups is 1. The standard InChI is InChI=1S/C20H23FN2O4S/c1-15-2-5-17(6-3-15)28(25,26)13-8-20(24)22-16-4-7-19(18(21)14-16)23-9-11-27-12-10-23/h2-7,14H,8-13H2,1H3,(H,22,24). The van der Waals surface area contributed by atoms with Gasteiger partial charge in [-0.2, -0.15) is 0 Å². The van der Waals surface area contributed by atoms with Crippen LogP contribution in [0.2, 0.25) is 0 Å². The van der Waals surface area contributed by atoms with Crippen LogP contribution in [0.3, 0.4) is 0 Å². The van der Waals surface area contributed by atoms with Crippen molar-refractivity contribution in [2.24, 2.45) is 0 Å².